The zero-order valence-electron chi connectivity index (χ0n) is 20.1. The third-order valence-corrected chi connectivity index (χ3v) is 3.41. The van der Waals surface area contributed by atoms with E-state index in [9.17, 15) is 19.2 Å². The first-order chi connectivity index (χ1) is 15.8. The molecule has 0 spiro atoms. The SMILES string of the molecule is CCC(CO)C(=O)O.CN(CC(=O)O)C(=N)N.CN(CC(=O)O)C(=N)N.CN(CC(=O)O)C(=N)N. The van der Waals surface area contributed by atoms with Gasteiger partial charge in [-0.15, -0.1) is 0 Å². The summed E-state index contributed by atoms with van der Waals surface area (Å²) in [6.07, 6.45) is 0.492. The summed E-state index contributed by atoms with van der Waals surface area (Å²) in [6, 6.07) is 0. The van der Waals surface area contributed by atoms with Crippen LogP contribution in [0.15, 0.2) is 0 Å². The highest BCUT2D eigenvalue weighted by atomic mass is 16.4. The number of aliphatic carboxylic acids is 4. The zero-order chi connectivity index (χ0) is 28.9. The number of likely N-dealkylation sites (N-methyl/N-ethyl adjacent to an activating group) is 3. The van der Waals surface area contributed by atoms with Crippen LogP contribution in [0.1, 0.15) is 13.3 Å². The predicted octanol–water partition coefficient (Wildman–Crippen LogP) is -3.22. The molecule has 0 amide bonds. The Bertz CT molecular complexity index is 639. The van der Waals surface area contributed by atoms with E-state index in [2.05, 4.69) is 0 Å². The van der Waals surface area contributed by atoms with E-state index in [1.165, 1.54) is 21.1 Å². The first-order valence-electron chi connectivity index (χ1n) is 9.48. The van der Waals surface area contributed by atoms with Gasteiger partial charge in [0, 0.05) is 21.1 Å². The highest BCUT2D eigenvalue weighted by Gasteiger charge is 2.11. The highest BCUT2D eigenvalue weighted by Crippen LogP contribution is 1.98. The molecule has 0 heterocycles. The molecule has 0 saturated heterocycles. The van der Waals surface area contributed by atoms with Crippen LogP contribution in [0.3, 0.4) is 0 Å². The molecule has 0 rings (SSSR count). The summed E-state index contributed by atoms with van der Waals surface area (Å²) >= 11 is 0. The molecule has 0 aliphatic carbocycles. The second kappa shape index (κ2) is 21.5. The van der Waals surface area contributed by atoms with E-state index in [1.807, 2.05) is 0 Å². The van der Waals surface area contributed by atoms with Gasteiger partial charge in [-0.25, -0.2) is 0 Å². The molecule has 18 heteroatoms. The molecule has 0 aliphatic heterocycles. The van der Waals surface area contributed by atoms with Crippen LogP contribution >= 0.6 is 0 Å². The zero-order valence-corrected chi connectivity index (χ0v) is 20.1. The Kier molecular flexibility index (Phi) is 23.3. The van der Waals surface area contributed by atoms with Crippen molar-refractivity contribution in [2.24, 2.45) is 23.1 Å². The summed E-state index contributed by atoms with van der Waals surface area (Å²) < 4.78 is 0. The number of nitrogens with zero attached hydrogens (tertiary/aromatic N) is 3. The molecule has 18 nitrogen and oxygen atoms in total. The minimum Gasteiger partial charge on any atom is -0.481 e. The van der Waals surface area contributed by atoms with Gasteiger partial charge in [0.15, 0.2) is 17.9 Å². The Balaban J connectivity index is -0.000000183. The fraction of sp³-hybridized carbons (Fsp3) is 0.588. The summed E-state index contributed by atoms with van der Waals surface area (Å²) in [4.78, 5) is 43.1. The van der Waals surface area contributed by atoms with Crippen LogP contribution in [0.4, 0.5) is 0 Å². The quantitative estimate of drug-likeness (QED) is 0.107. The van der Waals surface area contributed by atoms with E-state index in [0.29, 0.717) is 6.42 Å². The van der Waals surface area contributed by atoms with Crippen molar-refractivity contribution in [3.63, 3.8) is 0 Å². The van der Waals surface area contributed by atoms with Crippen LogP contribution in [0.2, 0.25) is 0 Å². The van der Waals surface area contributed by atoms with Gasteiger partial charge in [0.1, 0.15) is 19.6 Å². The maximum Gasteiger partial charge on any atom is 0.323 e. The lowest BCUT2D eigenvalue weighted by Crippen LogP contribution is -2.36. The number of aliphatic hydroxyl groups excluding tert-OH is 1. The molecule has 0 radical (unpaired) electrons. The van der Waals surface area contributed by atoms with Gasteiger partial charge < -0.3 is 57.4 Å². The van der Waals surface area contributed by atoms with Gasteiger partial charge in [-0.2, -0.15) is 0 Å². The van der Waals surface area contributed by atoms with E-state index in [0.717, 1.165) is 14.7 Å². The molecule has 0 fully saturated rings. The lowest BCUT2D eigenvalue weighted by atomic mass is 10.1. The standard InChI is InChI=1S/C5H10O3.3C4H9N3O2/c1-2-4(3-6)5(7)8;3*1-7(4(5)6)2-3(8)9/h4,6H,2-3H2,1H3,(H,7,8);3*2H2,1H3,(H3,5,6)(H,8,9). The van der Waals surface area contributed by atoms with Gasteiger partial charge in [0.25, 0.3) is 0 Å². The average molecular weight is 512 g/mol. The summed E-state index contributed by atoms with van der Waals surface area (Å²) in [5.41, 5.74) is 14.8. The minimum absolute atomic E-state index is 0.227. The van der Waals surface area contributed by atoms with Crippen molar-refractivity contribution in [3.8, 4) is 0 Å². The number of guanidine groups is 3. The van der Waals surface area contributed by atoms with Crippen LogP contribution in [0.5, 0.6) is 0 Å². The highest BCUT2D eigenvalue weighted by molar-refractivity contribution is 5.81. The Morgan fingerprint density at radius 1 is 0.686 bits per heavy atom. The summed E-state index contributed by atoms with van der Waals surface area (Å²) in [7, 11) is 4.32. The molecule has 0 aromatic carbocycles. The summed E-state index contributed by atoms with van der Waals surface area (Å²) in [6.45, 7) is 0.792. The third-order valence-electron chi connectivity index (χ3n) is 3.41. The fourth-order valence-corrected chi connectivity index (χ4v) is 1.25. The summed E-state index contributed by atoms with van der Waals surface area (Å²) in [5.74, 6) is -5.19. The van der Waals surface area contributed by atoms with Crippen molar-refractivity contribution in [1.82, 2.24) is 14.7 Å². The van der Waals surface area contributed by atoms with Crippen molar-refractivity contribution >= 4 is 41.8 Å². The Morgan fingerprint density at radius 3 is 0.943 bits per heavy atom. The molecule has 35 heavy (non-hydrogen) atoms. The largest absolute Gasteiger partial charge is 0.481 e. The number of aliphatic hydroxyl groups is 1. The fourth-order valence-electron chi connectivity index (χ4n) is 1.25. The maximum absolute atomic E-state index is 10.0. The number of hydrogen-bond acceptors (Lipinski definition) is 8. The van der Waals surface area contributed by atoms with Crippen LogP contribution in [0.25, 0.3) is 0 Å². The minimum atomic E-state index is -0.993. The molecule has 0 saturated carbocycles. The molecule has 1 unspecified atom stereocenters. The van der Waals surface area contributed by atoms with Gasteiger partial charge in [-0.1, -0.05) is 6.92 Å². The van der Waals surface area contributed by atoms with Gasteiger partial charge in [-0.3, -0.25) is 35.4 Å². The normalized spacial score (nSPS) is 9.63. The van der Waals surface area contributed by atoms with E-state index in [4.69, 9.17) is 59.0 Å². The van der Waals surface area contributed by atoms with Gasteiger partial charge >= 0.3 is 23.9 Å². The van der Waals surface area contributed by atoms with Crippen LogP contribution < -0.4 is 17.2 Å². The lowest BCUT2D eigenvalue weighted by Gasteiger charge is -2.12. The third kappa shape index (κ3) is 29.6. The first-order valence-corrected chi connectivity index (χ1v) is 9.48. The van der Waals surface area contributed by atoms with Crippen LogP contribution in [-0.4, -0.2) is 129 Å². The molecule has 204 valence electrons. The Labute approximate surface area is 202 Å². The molecule has 0 aromatic heterocycles. The van der Waals surface area contributed by atoms with E-state index in [1.54, 1.807) is 6.92 Å². The van der Waals surface area contributed by atoms with E-state index >= 15 is 0 Å². The molecular weight excluding hydrogens is 474 g/mol. The average Bonchev–Trinajstić information content (AvgIpc) is 2.68. The first kappa shape index (κ1) is 37.9. The number of rotatable bonds is 9. The second-order valence-electron chi connectivity index (χ2n) is 6.53. The van der Waals surface area contributed by atoms with Crippen LogP contribution in [-0.2, 0) is 19.2 Å². The molecule has 14 N–H and O–H groups in total. The number of carboxylic acids is 4. The van der Waals surface area contributed by atoms with E-state index in [-0.39, 0.29) is 44.1 Å². The second-order valence-corrected chi connectivity index (χ2v) is 6.53. The number of carbonyl (C=O) groups is 4. The maximum atomic E-state index is 10.0. The molecule has 0 aromatic rings. The van der Waals surface area contributed by atoms with E-state index < -0.39 is 29.8 Å². The summed E-state index contributed by atoms with van der Waals surface area (Å²) in [5, 5.41) is 61.1. The van der Waals surface area contributed by atoms with Gasteiger partial charge in [0.2, 0.25) is 0 Å². The number of carboxylic acid groups (broad SMARTS) is 4. The van der Waals surface area contributed by atoms with Crippen molar-refractivity contribution in [2.75, 3.05) is 47.4 Å². The molecule has 0 aliphatic rings. The van der Waals surface area contributed by atoms with Crippen LogP contribution in [0, 0.1) is 22.1 Å². The molecule has 1 atom stereocenters. The van der Waals surface area contributed by atoms with Gasteiger partial charge in [0.05, 0.1) is 12.5 Å². The number of hydrogen-bond donors (Lipinski definition) is 11. The lowest BCUT2D eigenvalue weighted by molar-refractivity contribution is -0.143. The topological polar surface area (TPSA) is 329 Å². The van der Waals surface area contributed by atoms with Crippen molar-refractivity contribution in [1.29, 1.82) is 16.2 Å². The molecular formula is C17H37N9O9. The number of nitrogens with two attached hydrogens (primary N) is 3. The van der Waals surface area contributed by atoms with Gasteiger partial charge in [-0.05, 0) is 6.42 Å². The Hall–Kier alpha value is -4.35. The predicted molar refractivity (Wildman–Crippen MR) is 125 cm³/mol. The number of nitrogens with one attached hydrogen (secondary N) is 3. The molecule has 0 bridgehead atoms. The monoisotopic (exact) mass is 511 g/mol. The van der Waals surface area contributed by atoms with Crippen molar-refractivity contribution in [2.45, 2.75) is 13.3 Å². The van der Waals surface area contributed by atoms with Crippen molar-refractivity contribution < 1.29 is 44.7 Å². The van der Waals surface area contributed by atoms with Crippen molar-refractivity contribution in [3.05, 3.63) is 0 Å². The Morgan fingerprint density at radius 2 is 0.914 bits per heavy atom. The smallest absolute Gasteiger partial charge is 0.323 e.